The van der Waals surface area contributed by atoms with Gasteiger partial charge >= 0.3 is 6.18 Å². The van der Waals surface area contributed by atoms with E-state index in [0.29, 0.717) is 24.3 Å². The molecule has 0 spiro atoms. The zero-order valence-corrected chi connectivity index (χ0v) is 14.9. The van der Waals surface area contributed by atoms with E-state index in [2.05, 4.69) is 5.10 Å². The summed E-state index contributed by atoms with van der Waals surface area (Å²) < 4.78 is 46.7. The maximum absolute atomic E-state index is 13.6. The van der Waals surface area contributed by atoms with Crippen molar-refractivity contribution in [3.63, 3.8) is 0 Å². The molecule has 1 saturated heterocycles. The number of ether oxygens (including phenoxy) is 1. The number of nitrogens with zero attached hydrogens (tertiary/aromatic N) is 3. The molecule has 0 bridgehead atoms. The SMILES string of the molecule is COc1ccc(Cn2ncc(N3CC[C@H]3C(C)O)c(C(F)(F)F)c2=O)cc1. The molecule has 9 heteroatoms. The molecule has 6 nitrogen and oxygen atoms in total. The van der Waals surface area contributed by atoms with Crippen molar-refractivity contribution in [3.05, 3.63) is 51.9 Å². The highest BCUT2D eigenvalue weighted by Crippen LogP contribution is 2.37. The second-order valence-electron chi connectivity index (χ2n) is 6.50. The Hall–Kier alpha value is -2.55. The average molecular weight is 383 g/mol. The minimum absolute atomic E-state index is 0.0913. The number of rotatable bonds is 5. The highest BCUT2D eigenvalue weighted by molar-refractivity contribution is 5.55. The molecule has 1 fully saturated rings. The Bertz CT molecular complexity index is 863. The zero-order valence-electron chi connectivity index (χ0n) is 14.9. The zero-order chi connectivity index (χ0) is 19.8. The highest BCUT2D eigenvalue weighted by Gasteiger charge is 2.43. The Morgan fingerprint density at radius 2 is 2.00 bits per heavy atom. The van der Waals surface area contributed by atoms with Gasteiger partial charge in [0, 0.05) is 6.54 Å². The van der Waals surface area contributed by atoms with Crippen LogP contribution in [-0.4, -0.2) is 40.7 Å². The van der Waals surface area contributed by atoms with Gasteiger partial charge in [0.05, 0.1) is 37.7 Å². The fourth-order valence-corrected chi connectivity index (χ4v) is 3.19. The van der Waals surface area contributed by atoms with E-state index in [1.165, 1.54) is 18.9 Å². The summed E-state index contributed by atoms with van der Waals surface area (Å²) in [5, 5.41) is 13.7. The van der Waals surface area contributed by atoms with Gasteiger partial charge in [-0.3, -0.25) is 4.79 Å². The van der Waals surface area contributed by atoms with E-state index in [0.717, 1.165) is 10.9 Å². The standard InChI is InChI=1S/C18H20F3N3O3/c1-11(25)14-7-8-23(14)15-9-22-24(17(26)16(15)18(19,20)21)10-12-3-5-13(27-2)6-4-12/h3-6,9,11,14,25H,7-8,10H2,1-2H3/t11?,14-/m0/s1. The second-order valence-corrected chi connectivity index (χ2v) is 6.50. The molecule has 27 heavy (non-hydrogen) atoms. The van der Waals surface area contributed by atoms with Crippen molar-refractivity contribution in [1.29, 1.82) is 0 Å². The molecule has 1 unspecified atom stereocenters. The van der Waals surface area contributed by atoms with E-state index in [4.69, 9.17) is 4.74 Å². The topological polar surface area (TPSA) is 67.6 Å². The fraction of sp³-hybridized carbons (Fsp3) is 0.444. The van der Waals surface area contributed by atoms with Crippen LogP contribution in [0.4, 0.5) is 18.9 Å². The lowest BCUT2D eigenvalue weighted by Gasteiger charge is -2.45. The first kappa shape index (κ1) is 19.2. The lowest BCUT2D eigenvalue weighted by atomic mass is 9.96. The van der Waals surface area contributed by atoms with Crippen molar-refractivity contribution in [3.8, 4) is 5.75 Å². The molecule has 0 amide bonds. The lowest BCUT2D eigenvalue weighted by molar-refractivity contribution is -0.138. The first-order valence-electron chi connectivity index (χ1n) is 8.47. The Morgan fingerprint density at radius 3 is 2.48 bits per heavy atom. The number of aromatic nitrogens is 2. The molecule has 1 aliphatic rings. The molecular formula is C18H20F3N3O3. The molecule has 2 aromatic rings. The summed E-state index contributed by atoms with van der Waals surface area (Å²) in [6, 6.07) is 6.18. The van der Waals surface area contributed by atoms with Gasteiger partial charge in [0.15, 0.2) is 0 Å². The van der Waals surface area contributed by atoms with Crippen LogP contribution in [0.3, 0.4) is 0 Å². The number of methoxy groups -OCH3 is 1. The Kier molecular flexibility index (Phi) is 5.14. The largest absolute Gasteiger partial charge is 0.497 e. The van der Waals surface area contributed by atoms with Gasteiger partial charge in [-0.2, -0.15) is 18.3 Å². The number of hydrogen-bond acceptors (Lipinski definition) is 5. The third kappa shape index (κ3) is 3.78. The van der Waals surface area contributed by atoms with E-state index in [-0.39, 0.29) is 12.2 Å². The van der Waals surface area contributed by atoms with Gasteiger partial charge in [-0.05, 0) is 31.0 Å². The predicted octanol–water partition coefficient (Wildman–Crippen LogP) is 2.28. The Balaban J connectivity index is 1.99. The highest BCUT2D eigenvalue weighted by atomic mass is 19.4. The number of aliphatic hydroxyl groups is 1. The number of aliphatic hydroxyl groups excluding tert-OH is 1. The van der Waals surface area contributed by atoms with Crippen molar-refractivity contribution in [2.45, 2.75) is 38.2 Å². The van der Waals surface area contributed by atoms with Crippen LogP contribution in [0.25, 0.3) is 0 Å². The van der Waals surface area contributed by atoms with Crippen LogP contribution in [0.2, 0.25) is 0 Å². The van der Waals surface area contributed by atoms with E-state index in [1.54, 1.807) is 24.3 Å². The average Bonchev–Trinajstić information content (AvgIpc) is 2.55. The van der Waals surface area contributed by atoms with Crippen molar-refractivity contribution >= 4 is 5.69 Å². The summed E-state index contributed by atoms with van der Waals surface area (Å²) in [4.78, 5) is 13.9. The summed E-state index contributed by atoms with van der Waals surface area (Å²) in [6.07, 6.45) is -4.01. The first-order chi connectivity index (χ1) is 12.7. The minimum Gasteiger partial charge on any atom is -0.497 e. The summed E-state index contributed by atoms with van der Waals surface area (Å²) in [5.41, 5.74) is -2.11. The lowest BCUT2D eigenvalue weighted by Crippen LogP contribution is -2.55. The van der Waals surface area contributed by atoms with Gasteiger partial charge in [0.25, 0.3) is 5.56 Å². The van der Waals surface area contributed by atoms with Crippen molar-refractivity contribution in [2.75, 3.05) is 18.6 Å². The van der Waals surface area contributed by atoms with Gasteiger partial charge in [-0.25, -0.2) is 4.68 Å². The maximum atomic E-state index is 13.6. The van der Waals surface area contributed by atoms with E-state index >= 15 is 0 Å². The molecule has 2 atom stereocenters. The second kappa shape index (κ2) is 7.22. The van der Waals surface area contributed by atoms with Crippen LogP contribution < -0.4 is 15.2 Å². The molecule has 0 radical (unpaired) electrons. The molecule has 3 rings (SSSR count). The number of benzene rings is 1. The van der Waals surface area contributed by atoms with Gasteiger partial charge in [-0.15, -0.1) is 0 Å². The van der Waals surface area contributed by atoms with Crippen LogP contribution >= 0.6 is 0 Å². The molecular weight excluding hydrogens is 363 g/mol. The minimum atomic E-state index is -4.82. The summed E-state index contributed by atoms with van der Waals surface area (Å²) in [5.74, 6) is 0.604. The molecule has 2 heterocycles. The normalized spacial score (nSPS) is 18.1. The van der Waals surface area contributed by atoms with Gasteiger partial charge in [0.2, 0.25) is 0 Å². The van der Waals surface area contributed by atoms with Gasteiger partial charge in [-0.1, -0.05) is 12.1 Å². The Morgan fingerprint density at radius 1 is 1.33 bits per heavy atom. The first-order valence-corrected chi connectivity index (χ1v) is 8.47. The molecule has 1 N–H and O–H groups in total. The van der Waals surface area contributed by atoms with E-state index < -0.39 is 29.4 Å². The summed E-state index contributed by atoms with van der Waals surface area (Å²) in [7, 11) is 1.51. The molecule has 1 aliphatic heterocycles. The number of alkyl halides is 3. The van der Waals surface area contributed by atoms with Crippen molar-refractivity contribution in [1.82, 2.24) is 9.78 Å². The van der Waals surface area contributed by atoms with Gasteiger partial charge in [0.1, 0.15) is 11.3 Å². The number of hydrogen-bond donors (Lipinski definition) is 1. The number of halogens is 3. The van der Waals surface area contributed by atoms with Crippen LogP contribution in [0.15, 0.2) is 35.3 Å². The monoisotopic (exact) mass is 383 g/mol. The quantitative estimate of drug-likeness (QED) is 0.858. The van der Waals surface area contributed by atoms with E-state index in [1.807, 2.05) is 0 Å². The van der Waals surface area contributed by atoms with Crippen molar-refractivity contribution < 1.29 is 23.0 Å². The fourth-order valence-electron chi connectivity index (χ4n) is 3.19. The van der Waals surface area contributed by atoms with Crippen LogP contribution in [-0.2, 0) is 12.7 Å². The van der Waals surface area contributed by atoms with Crippen LogP contribution in [0.5, 0.6) is 5.75 Å². The maximum Gasteiger partial charge on any atom is 0.423 e. The summed E-state index contributed by atoms with van der Waals surface area (Å²) >= 11 is 0. The third-order valence-electron chi connectivity index (χ3n) is 4.73. The van der Waals surface area contributed by atoms with Crippen LogP contribution in [0.1, 0.15) is 24.5 Å². The van der Waals surface area contributed by atoms with E-state index in [9.17, 15) is 23.1 Å². The predicted molar refractivity (Wildman–Crippen MR) is 93.0 cm³/mol. The molecule has 0 aliphatic carbocycles. The molecule has 0 saturated carbocycles. The van der Waals surface area contributed by atoms with Crippen LogP contribution in [0, 0.1) is 0 Å². The molecule has 1 aromatic carbocycles. The molecule has 1 aromatic heterocycles. The number of anilines is 1. The smallest absolute Gasteiger partial charge is 0.423 e. The Labute approximate surface area is 153 Å². The van der Waals surface area contributed by atoms with Crippen molar-refractivity contribution in [2.24, 2.45) is 0 Å². The molecule has 146 valence electrons. The summed E-state index contributed by atoms with van der Waals surface area (Å²) in [6.45, 7) is 1.76. The van der Waals surface area contributed by atoms with Gasteiger partial charge < -0.3 is 14.7 Å². The third-order valence-corrected chi connectivity index (χ3v) is 4.73.